The number of rotatable bonds is 4. The summed E-state index contributed by atoms with van der Waals surface area (Å²) in [7, 11) is 1.49. The summed E-state index contributed by atoms with van der Waals surface area (Å²) in [6, 6.07) is 21.6. The van der Waals surface area contributed by atoms with Crippen LogP contribution in [0.15, 0.2) is 66.7 Å². The molecule has 0 unspecified atom stereocenters. The number of methoxy groups -OCH3 is 1. The second-order valence-corrected chi connectivity index (χ2v) is 5.88. The third kappa shape index (κ3) is 3.39. The number of ether oxygens (including phenoxy) is 1. The van der Waals surface area contributed by atoms with Crippen LogP contribution in [0.2, 0.25) is 5.02 Å². The van der Waals surface area contributed by atoms with Crippen molar-refractivity contribution in [2.75, 3.05) is 12.4 Å². The van der Waals surface area contributed by atoms with Gasteiger partial charge >= 0.3 is 0 Å². The Balaban J connectivity index is 2.03. The van der Waals surface area contributed by atoms with Gasteiger partial charge in [-0.15, -0.1) is 0 Å². The van der Waals surface area contributed by atoms with Gasteiger partial charge in [0.15, 0.2) is 5.75 Å². The smallest absolute Gasteiger partial charge is 0.256 e. The molecule has 0 heterocycles. The number of nitrogens with one attached hydrogen (secondary N) is 1. The van der Waals surface area contributed by atoms with Crippen LogP contribution in [-0.2, 0) is 0 Å². The first-order valence-corrected chi connectivity index (χ1v) is 8.26. The summed E-state index contributed by atoms with van der Waals surface area (Å²) in [4.78, 5) is 12.9. The molecule has 5 heteroatoms. The first-order valence-electron chi connectivity index (χ1n) is 7.88. The highest BCUT2D eigenvalue weighted by atomic mass is 35.5. The monoisotopic (exact) mass is 362 g/mol. The van der Waals surface area contributed by atoms with Gasteiger partial charge in [-0.25, -0.2) is 0 Å². The molecule has 1 amide bonds. The van der Waals surface area contributed by atoms with Gasteiger partial charge in [-0.1, -0.05) is 54.1 Å². The van der Waals surface area contributed by atoms with E-state index in [1.54, 1.807) is 42.5 Å². The fourth-order valence-corrected chi connectivity index (χ4v) is 2.99. The quantitative estimate of drug-likeness (QED) is 0.699. The number of anilines is 1. The number of amides is 1. The second kappa shape index (κ2) is 7.73. The lowest BCUT2D eigenvalue weighted by Crippen LogP contribution is -2.14. The molecule has 0 aromatic heterocycles. The predicted octanol–water partition coefficient (Wildman–Crippen LogP) is 5.14. The van der Waals surface area contributed by atoms with E-state index in [0.717, 1.165) is 0 Å². The molecular formula is C21H15ClN2O2. The molecule has 0 aliphatic heterocycles. The Labute approximate surface area is 156 Å². The number of carbonyl (C=O) groups excluding carboxylic acids is 1. The van der Waals surface area contributed by atoms with Crippen LogP contribution >= 0.6 is 11.6 Å². The van der Waals surface area contributed by atoms with Crippen molar-refractivity contribution in [2.24, 2.45) is 0 Å². The van der Waals surface area contributed by atoms with Crippen molar-refractivity contribution >= 4 is 23.2 Å². The van der Waals surface area contributed by atoms with E-state index in [0.29, 0.717) is 38.7 Å². The minimum Gasteiger partial charge on any atom is -0.493 e. The maximum Gasteiger partial charge on any atom is 0.256 e. The lowest BCUT2D eigenvalue weighted by Gasteiger charge is -2.14. The average molecular weight is 363 g/mol. The van der Waals surface area contributed by atoms with Crippen LogP contribution in [0.25, 0.3) is 11.1 Å². The minimum atomic E-state index is -0.311. The van der Waals surface area contributed by atoms with E-state index < -0.39 is 0 Å². The summed E-state index contributed by atoms with van der Waals surface area (Å²) in [5.74, 6) is 0.0892. The predicted molar refractivity (Wildman–Crippen MR) is 103 cm³/mol. The maximum absolute atomic E-state index is 12.9. The van der Waals surface area contributed by atoms with Crippen molar-refractivity contribution in [3.8, 4) is 22.9 Å². The van der Waals surface area contributed by atoms with E-state index in [2.05, 4.69) is 11.4 Å². The van der Waals surface area contributed by atoms with Crippen molar-refractivity contribution in [3.05, 3.63) is 82.9 Å². The average Bonchev–Trinajstić information content (AvgIpc) is 2.68. The van der Waals surface area contributed by atoms with Gasteiger partial charge in [-0.3, -0.25) is 4.79 Å². The molecule has 0 spiro atoms. The highest BCUT2D eigenvalue weighted by Crippen LogP contribution is 2.33. The largest absolute Gasteiger partial charge is 0.493 e. The second-order valence-electron chi connectivity index (χ2n) is 5.48. The van der Waals surface area contributed by atoms with Crippen molar-refractivity contribution in [1.29, 1.82) is 5.26 Å². The van der Waals surface area contributed by atoms with Crippen LogP contribution in [-0.4, -0.2) is 13.0 Å². The number of benzene rings is 3. The number of hydrogen-bond acceptors (Lipinski definition) is 3. The summed E-state index contributed by atoms with van der Waals surface area (Å²) in [5, 5.41) is 12.6. The lowest BCUT2D eigenvalue weighted by atomic mass is 9.95. The van der Waals surface area contributed by atoms with E-state index in [-0.39, 0.29) is 5.91 Å². The fraction of sp³-hybridized carbons (Fsp3) is 0.0476. The summed E-state index contributed by atoms with van der Waals surface area (Å²) in [6.07, 6.45) is 0. The Hall–Kier alpha value is -3.29. The molecule has 0 bridgehead atoms. The minimum absolute atomic E-state index is 0.311. The number of halogens is 1. The Morgan fingerprint density at radius 2 is 1.69 bits per heavy atom. The molecule has 0 saturated carbocycles. The van der Waals surface area contributed by atoms with Gasteiger partial charge in [0.1, 0.15) is 0 Å². The highest BCUT2D eigenvalue weighted by molar-refractivity contribution is 6.32. The van der Waals surface area contributed by atoms with Gasteiger partial charge in [0.05, 0.1) is 29.5 Å². The van der Waals surface area contributed by atoms with Gasteiger partial charge in [-0.05, 0) is 29.8 Å². The summed E-state index contributed by atoms with van der Waals surface area (Å²) >= 11 is 6.11. The van der Waals surface area contributed by atoms with E-state index in [1.165, 1.54) is 7.11 Å². The molecule has 3 aromatic rings. The molecule has 1 N–H and O–H groups in total. The molecule has 3 rings (SSSR count). The molecule has 26 heavy (non-hydrogen) atoms. The molecule has 3 aromatic carbocycles. The van der Waals surface area contributed by atoms with Crippen molar-refractivity contribution < 1.29 is 9.53 Å². The molecule has 4 nitrogen and oxygen atoms in total. The first-order chi connectivity index (χ1) is 12.7. The lowest BCUT2D eigenvalue weighted by molar-refractivity contribution is 0.102. The number of nitriles is 1. The van der Waals surface area contributed by atoms with E-state index in [9.17, 15) is 10.1 Å². The molecule has 128 valence electrons. The standard InChI is InChI=1S/C21H15ClN2O2/c1-26-20-18(22)11-6-12-19(20)24-21(25)17-10-5-4-9-16(17)15-8-3-2-7-14(15)13-23/h2-12H,1H3,(H,24,25). The number of nitrogens with zero attached hydrogens (tertiary/aromatic N) is 1. The first kappa shape index (κ1) is 17.5. The Bertz CT molecular complexity index is 1010. The van der Waals surface area contributed by atoms with Crippen LogP contribution in [0.3, 0.4) is 0 Å². The Morgan fingerprint density at radius 1 is 1.00 bits per heavy atom. The van der Waals surface area contributed by atoms with Crippen molar-refractivity contribution in [3.63, 3.8) is 0 Å². The SMILES string of the molecule is COc1c(Cl)cccc1NC(=O)c1ccccc1-c1ccccc1C#N. The number of para-hydroxylation sites is 1. The summed E-state index contributed by atoms with van der Waals surface area (Å²) in [6.45, 7) is 0. The highest BCUT2D eigenvalue weighted by Gasteiger charge is 2.17. The van der Waals surface area contributed by atoms with Gasteiger partial charge in [0.2, 0.25) is 0 Å². The molecule has 0 aliphatic carbocycles. The Kier molecular flexibility index (Phi) is 5.21. The zero-order chi connectivity index (χ0) is 18.5. The molecule has 0 atom stereocenters. The fourth-order valence-electron chi connectivity index (χ4n) is 2.74. The van der Waals surface area contributed by atoms with Gasteiger partial charge < -0.3 is 10.1 Å². The number of carbonyl (C=O) groups is 1. The normalized spacial score (nSPS) is 10.0. The molecule has 0 radical (unpaired) electrons. The summed E-state index contributed by atoms with van der Waals surface area (Å²) in [5.41, 5.74) is 2.83. The molecule has 0 fully saturated rings. The van der Waals surface area contributed by atoms with Crippen molar-refractivity contribution in [2.45, 2.75) is 0 Å². The van der Waals surface area contributed by atoms with Crippen LogP contribution in [0.1, 0.15) is 15.9 Å². The molecule has 0 saturated heterocycles. The Morgan fingerprint density at radius 3 is 2.42 bits per heavy atom. The van der Waals surface area contributed by atoms with E-state index in [1.807, 2.05) is 24.3 Å². The zero-order valence-electron chi connectivity index (χ0n) is 14.0. The number of hydrogen-bond donors (Lipinski definition) is 1. The van der Waals surface area contributed by atoms with Gasteiger partial charge in [-0.2, -0.15) is 5.26 Å². The maximum atomic E-state index is 12.9. The van der Waals surface area contributed by atoms with E-state index in [4.69, 9.17) is 16.3 Å². The van der Waals surface area contributed by atoms with Crippen LogP contribution in [0.5, 0.6) is 5.75 Å². The zero-order valence-corrected chi connectivity index (χ0v) is 14.7. The molecular weight excluding hydrogens is 348 g/mol. The molecule has 0 aliphatic rings. The van der Waals surface area contributed by atoms with Gasteiger partial charge in [0, 0.05) is 11.1 Å². The van der Waals surface area contributed by atoms with Crippen LogP contribution in [0.4, 0.5) is 5.69 Å². The van der Waals surface area contributed by atoms with Crippen molar-refractivity contribution in [1.82, 2.24) is 0 Å². The van der Waals surface area contributed by atoms with Crippen LogP contribution < -0.4 is 10.1 Å². The van der Waals surface area contributed by atoms with Crippen LogP contribution in [0, 0.1) is 11.3 Å². The topological polar surface area (TPSA) is 62.1 Å². The van der Waals surface area contributed by atoms with E-state index >= 15 is 0 Å². The van der Waals surface area contributed by atoms with Gasteiger partial charge in [0.25, 0.3) is 5.91 Å². The third-order valence-corrected chi connectivity index (χ3v) is 4.23. The third-order valence-electron chi connectivity index (χ3n) is 3.93. The summed E-state index contributed by atoms with van der Waals surface area (Å²) < 4.78 is 5.27.